The van der Waals surface area contributed by atoms with E-state index in [1.807, 2.05) is 0 Å². The van der Waals surface area contributed by atoms with Crippen LogP contribution in [0.15, 0.2) is 12.3 Å². The molecule has 0 aliphatic carbocycles. The van der Waals surface area contributed by atoms with Gasteiger partial charge in [0.2, 0.25) is 0 Å². The number of carbonyl (C=O) groups is 1. The first-order chi connectivity index (χ1) is 9.45. The first kappa shape index (κ1) is 15.9. The highest BCUT2D eigenvalue weighted by Crippen LogP contribution is 2.09. The van der Waals surface area contributed by atoms with Gasteiger partial charge in [0.1, 0.15) is 24.5 Å². The van der Waals surface area contributed by atoms with Gasteiger partial charge in [-0.25, -0.2) is 13.8 Å². The molecule has 1 aromatic rings. The quantitative estimate of drug-likeness (QED) is 0.630. The van der Waals surface area contributed by atoms with Crippen molar-refractivity contribution in [2.75, 3.05) is 12.5 Å². The Bertz CT molecular complexity index is 538. The lowest BCUT2D eigenvalue weighted by Crippen LogP contribution is -2.32. The number of carbonyl (C=O) groups excluding carboxylic acids is 1. The lowest BCUT2D eigenvalue weighted by molar-refractivity contribution is 0.0292. The summed E-state index contributed by atoms with van der Waals surface area (Å²) in [5, 5.41) is 2.33. The minimum absolute atomic E-state index is 0.104. The normalized spacial score (nSPS) is 13.0. The summed E-state index contributed by atoms with van der Waals surface area (Å²) >= 11 is 0. The van der Waals surface area contributed by atoms with E-state index in [0.717, 1.165) is 12.3 Å². The van der Waals surface area contributed by atoms with E-state index in [0.29, 0.717) is 0 Å². The Balaban J connectivity index is 2.58. The van der Waals surface area contributed by atoms with Gasteiger partial charge in [0, 0.05) is 0 Å². The van der Waals surface area contributed by atoms with Gasteiger partial charge in [-0.3, -0.25) is 4.79 Å². The Hall–Kier alpha value is -2.20. The SMILES string of the molecule is CC#CC(OCNC(=O)c1cc(F)cnc1N)C(C)F. The Kier molecular flexibility index (Phi) is 5.87. The summed E-state index contributed by atoms with van der Waals surface area (Å²) in [6.45, 7) is 2.57. The smallest absolute Gasteiger partial charge is 0.256 e. The lowest BCUT2D eigenvalue weighted by Gasteiger charge is -2.14. The van der Waals surface area contributed by atoms with Crippen molar-refractivity contribution in [1.29, 1.82) is 0 Å². The highest BCUT2D eigenvalue weighted by atomic mass is 19.1. The minimum atomic E-state index is -1.31. The highest BCUT2D eigenvalue weighted by molar-refractivity contribution is 5.98. The van der Waals surface area contributed by atoms with Crippen LogP contribution >= 0.6 is 0 Å². The predicted molar refractivity (Wildman–Crippen MR) is 69.8 cm³/mol. The summed E-state index contributed by atoms with van der Waals surface area (Å²) in [5.74, 6) is 3.60. The van der Waals surface area contributed by atoms with Gasteiger partial charge < -0.3 is 15.8 Å². The molecule has 0 saturated heterocycles. The molecule has 0 bridgehead atoms. The zero-order valence-corrected chi connectivity index (χ0v) is 11.1. The molecule has 1 amide bonds. The third kappa shape index (κ3) is 4.48. The van der Waals surface area contributed by atoms with Crippen LogP contribution in [0.3, 0.4) is 0 Å². The summed E-state index contributed by atoms with van der Waals surface area (Å²) in [4.78, 5) is 15.2. The molecule has 0 radical (unpaired) electrons. The summed E-state index contributed by atoms with van der Waals surface area (Å²) in [6.07, 6.45) is -1.34. The van der Waals surface area contributed by atoms with E-state index in [-0.39, 0.29) is 18.1 Å². The monoisotopic (exact) mass is 283 g/mol. The zero-order valence-electron chi connectivity index (χ0n) is 11.1. The number of aromatic nitrogens is 1. The van der Waals surface area contributed by atoms with Crippen molar-refractivity contribution >= 4 is 11.7 Å². The topological polar surface area (TPSA) is 77.2 Å². The summed E-state index contributed by atoms with van der Waals surface area (Å²) in [5.41, 5.74) is 5.34. The Morgan fingerprint density at radius 3 is 2.95 bits per heavy atom. The maximum absolute atomic E-state index is 13.1. The first-order valence-corrected chi connectivity index (χ1v) is 5.83. The third-order valence-corrected chi connectivity index (χ3v) is 2.33. The molecular formula is C13H15F2N3O2. The molecule has 0 aromatic carbocycles. The van der Waals surface area contributed by atoms with Crippen molar-refractivity contribution in [1.82, 2.24) is 10.3 Å². The Morgan fingerprint density at radius 1 is 1.65 bits per heavy atom. The number of hydrogen-bond acceptors (Lipinski definition) is 4. The molecular weight excluding hydrogens is 268 g/mol. The van der Waals surface area contributed by atoms with Crippen molar-refractivity contribution in [3.05, 3.63) is 23.6 Å². The van der Waals surface area contributed by atoms with Crippen molar-refractivity contribution in [2.24, 2.45) is 0 Å². The molecule has 1 aromatic heterocycles. The fourth-order valence-corrected chi connectivity index (χ4v) is 1.36. The molecule has 7 heteroatoms. The van der Waals surface area contributed by atoms with Crippen LogP contribution in [0, 0.1) is 17.7 Å². The molecule has 3 N–H and O–H groups in total. The number of halogens is 2. The van der Waals surface area contributed by atoms with Crippen molar-refractivity contribution in [2.45, 2.75) is 26.1 Å². The number of nitrogens with one attached hydrogen (secondary N) is 1. The van der Waals surface area contributed by atoms with E-state index < -0.39 is 24.0 Å². The molecule has 2 unspecified atom stereocenters. The molecule has 0 fully saturated rings. The molecule has 0 spiro atoms. The number of hydrogen-bond donors (Lipinski definition) is 2. The second kappa shape index (κ2) is 7.40. The third-order valence-electron chi connectivity index (χ3n) is 2.33. The van der Waals surface area contributed by atoms with Crippen LogP contribution in [0.5, 0.6) is 0 Å². The van der Waals surface area contributed by atoms with E-state index in [9.17, 15) is 13.6 Å². The van der Waals surface area contributed by atoms with Crippen molar-refractivity contribution < 1.29 is 18.3 Å². The maximum Gasteiger partial charge on any atom is 0.256 e. The lowest BCUT2D eigenvalue weighted by atomic mass is 10.2. The van der Waals surface area contributed by atoms with Gasteiger partial charge in [0.05, 0.1) is 11.8 Å². The Morgan fingerprint density at radius 2 is 2.35 bits per heavy atom. The maximum atomic E-state index is 13.1. The number of nitrogen functional groups attached to an aromatic ring is 1. The number of rotatable bonds is 5. The van der Waals surface area contributed by atoms with Gasteiger partial charge in [-0.05, 0) is 19.9 Å². The number of pyridine rings is 1. The summed E-state index contributed by atoms with van der Waals surface area (Å²) < 4.78 is 31.1. The second-order valence-electron chi connectivity index (χ2n) is 3.90. The zero-order chi connectivity index (χ0) is 15.1. The van der Waals surface area contributed by atoms with Crippen LogP contribution in [0.25, 0.3) is 0 Å². The van der Waals surface area contributed by atoms with Gasteiger partial charge in [-0.1, -0.05) is 5.92 Å². The molecule has 5 nitrogen and oxygen atoms in total. The number of alkyl halides is 1. The van der Waals surface area contributed by atoms with Crippen LogP contribution < -0.4 is 11.1 Å². The summed E-state index contributed by atoms with van der Waals surface area (Å²) in [6, 6.07) is 0.957. The van der Waals surface area contributed by atoms with Crippen molar-refractivity contribution in [3.8, 4) is 11.8 Å². The number of ether oxygens (including phenoxy) is 1. The minimum Gasteiger partial charge on any atom is -0.383 e. The molecule has 0 aliphatic heterocycles. The standard InChI is InChI=1S/C13H15F2N3O2/c1-3-4-11(8(2)14)20-7-18-13(19)10-5-9(15)6-17-12(10)16/h5-6,8,11H,7H2,1-2H3,(H2,16,17)(H,18,19). The predicted octanol–water partition coefficient (Wildman–Crippen LogP) is 1.26. The van der Waals surface area contributed by atoms with Crippen LogP contribution in [-0.2, 0) is 4.74 Å². The van der Waals surface area contributed by atoms with Crippen molar-refractivity contribution in [3.63, 3.8) is 0 Å². The van der Waals surface area contributed by atoms with E-state index in [1.54, 1.807) is 6.92 Å². The fourth-order valence-electron chi connectivity index (χ4n) is 1.36. The molecule has 108 valence electrons. The molecule has 0 saturated carbocycles. The molecule has 0 aliphatic rings. The van der Waals surface area contributed by atoms with Crippen LogP contribution in [-0.4, -0.2) is 29.9 Å². The van der Waals surface area contributed by atoms with Gasteiger partial charge in [-0.15, -0.1) is 5.92 Å². The van der Waals surface area contributed by atoms with E-state index in [4.69, 9.17) is 10.5 Å². The van der Waals surface area contributed by atoms with Crippen LogP contribution in [0.4, 0.5) is 14.6 Å². The highest BCUT2D eigenvalue weighted by Gasteiger charge is 2.16. The largest absolute Gasteiger partial charge is 0.383 e. The molecule has 20 heavy (non-hydrogen) atoms. The van der Waals surface area contributed by atoms with Gasteiger partial charge >= 0.3 is 0 Å². The van der Waals surface area contributed by atoms with Crippen LogP contribution in [0.1, 0.15) is 24.2 Å². The van der Waals surface area contributed by atoms with Crippen LogP contribution in [0.2, 0.25) is 0 Å². The van der Waals surface area contributed by atoms with Gasteiger partial charge in [-0.2, -0.15) is 0 Å². The summed E-state index contributed by atoms with van der Waals surface area (Å²) in [7, 11) is 0. The van der Waals surface area contributed by atoms with E-state index in [1.165, 1.54) is 6.92 Å². The molecule has 1 heterocycles. The Labute approximate surface area is 115 Å². The number of nitrogens with two attached hydrogens (primary N) is 1. The van der Waals surface area contributed by atoms with E-state index in [2.05, 4.69) is 22.1 Å². The number of amides is 1. The number of anilines is 1. The average molecular weight is 283 g/mol. The van der Waals surface area contributed by atoms with Gasteiger partial charge in [0.25, 0.3) is 5.91 Å². The first-order valence-electron chi connectivity index (χ1n) is 5.83. The van der Waals surface area contributed by atoms with E-state index >= 15 is 0 Å². The molecule has 1 rings (SSSR count). The van der Waals surface area contributed by atoms with Gasteiger partial charge in [0.15, 0.2) is 6.10 Å². The number of nitrogens with zero attached hydrogens (tertiary/aromatic N) is 1. The average Bonchev–Trinajstić information content (AvgIpc) is 2.40. The molecule has 2 atom stereocenters. The second-order valence-corrected chi connectivity index (χ2v) is 3.90. The fraction of sp³-hybridized carbons (Fsp3) is 0.385.